The van der Waals surface area contributed by atoms with Crippen LogP contribution in [0.2, 0.25) is 0 Å². The van der Waals surface area contributed by atoms with Crippen molar-refractivity contribution in [1.82, 2.24) is 5.32 Å². The lowest BCUT2D eigenvalue weighted by molar-refractivity contribution is -0.125. The molecule has 3 rings (SSSR count). The fourth-order valence-corrected chi connectivity index (χ4v) is 2.96. The second kappa shape index (κ2) is 8.65. The van der Waals surface area contributed by atoms with Crippen molar-refractivity contribution < 1.29 is 9.59 Å². The number of rotatable bonds is 5. The van der Waals surface area contributed by atoms with E-state index in [1.54, 1.807) is 4.90 Å². The van der Waals surface area contributed by atoms with Gasteiger partial charge in [0.05, 0.1) is 6.54 Å². The summed E-state index contributed by atoms with van der Waals surface area (Å²) in [5, 5.41) is 2.68. The highest BCUT2D eigenvalue weighted by atomic mass is 35.5. The standard InChI is InChI=1S/C19H21N3O2.ClH/c20-16(14-6-2-1-3-7-14)12-18(23)21-13-19(24)22-11-10-15-8-4-5-9-17(15)22;/h1-9,16H,10-13,20H2,(H,21,23);1H. The molecule has 132 valence electrons. The highest BCUT2D eigenvalue weighted by Gasteiger charge is 2.24. The molecule has 0 bridgehead atoms. The predicted octanol–water partition coefficient (Wildman–Crippen LogP) is 2.20. The number of carbonyl (C=O) groups is 2. The summed E-state index contributed by atoms with van der Waals surface area (Å²) in [5.41, 5.74) is 9.05. The van der Waals surface area contributed by atoms with Gasteiger partial charge in [0.15, 0.2) is 0 Å². The lowest BCUT2D eigenvalue weighted by Gasteiger charge is -2.18. The number of amides is 2. The van der Waals surface area contributed by atoms with E-state index in [0.717, 1.165) is 17.7 Å². The van der Waals surface area contributed by atoms with E-state index >= 15 is 0 Å². The summed E-state index contributed by atoms with van der Waals surface area (Å²) in [4.78, 5) is 26.1. The largest absolute Gasteiger partial charge is 0.347 e. The van der Waals surface area contributed by atoms with Gasteiger partial charge in [-0.1, -0.05) is 48.5 Å². The number of nitrogens with zero attached hydrogens (tertiary/aromatic N) is 1. The number of benzene rings is 2. The van der Waals surface area contributed by atoms with Crippen LogP contribution in [0, 0.1) is 0 Å². The first-order chi connectivity index (χ1) is 11.6. The summed E-state index contributed by atoms with van der Waals surface area (Å²) in [6.45, 7) is 0.659. The number of nitrogens with one attached hydrogen (secondary N) is 1. The fraction of sp³-hybridized carbons (Fsp3) is 0.263. The molecule has 1 atom stereocenters. The van der Waals surface area contributed by atoms with Gasteiger partial charge in [0.25, 0.3) is 0 Å². The van der Waals surface area contributed by atoms with Crippen LogP contribution in [0.1, 0.15) is 23.6 Å². The third-order valence-electron chi connectivity index (χ3n) is 4.26. The number of para-hydroxylation sites is 1. The molecule has 0 aromatic heterocycles. The van der Waals surface area contributed by atoms with Crippen LogP contribution in [0.25, 0.3) is 0 Å². The quantitative estimate of drug-likeness (QED) is 0.859. The molecule has 1 aliphatic rings. The minimum Gasteiger partial charge on any atom is -0.347 e. The summed E-state index contributed by atoms with van der Waals surface area (Å²) in [6, 6.07) is 17.0. The number of nitrogens with two attached hydrogens (primary N) is 1. The molecule has 3 N–H and O–H groups in total. The molecule has 1 aliphatic heterocycles. The number of anilines is 1. The molecule has 0 spiro atoms. The van der Waals surface area contributed by atoms with Crippen LogP contribution < -0.4 is 16.0 Å². The first-order valence-corrected chi connectivity index (χ1v) is 8.10. The van der Waals surface area contributed by atoms with E-state index in [4.69, 9.17) is 5.73 Å². The number of fused-ring (bicyclic) bond motifs is 1. The zero-order valence-corrected chi connectivity index (χ0v) is 14.7. The Hall–Kier alpha value is -2.37. The molecule has 0 aliphatic carbocycles. The van der Waals surface area contributed by atoms with Gasteiger partial charge < -0.3 is 16.0 Å². The van der Waals surface area contributed by atoms with Gasteiger partial charge in [0.1, 0.15) is 0 Å². The van der Waals surface area contributed by atoms with Crippen molar-refractivity contribution in [2.45, 2.75) is 18.9 Å². The van der Waals surface area contributed by atoms with Gasteiger partial charge in [-0.25, -0.2) is 0 Å². The molecular formula is C19H22ClN3O2. The molecule has 2 aromatic carbocycles. The first kappa shape index (κ1) is 19.0. The maximum absolute atomic E-state index is 12.3. The van der Waals surface area contributed by atoms with Crippen molar-refractivity contribution in [1.29, 1.82) is 0 Å². The third-order valence-corrected chi connectivity index (χ3v) is 4.26. The van der Waals surface area contributed by atoms with Crippen LogP contribution >= 0.6 is 12.4 Å². The summed E-state index contributed by atoms with van der Waals surface area (Å²) in [7, 11) is 0. The summed E-state index contributed by atoms with van der Waals surface area (Å²) in [5.74, 6) is -0.311. The lowest BCUT2D eigenvalue weighted by Crippen LogP contribution is -2.40. The Morgan fingerprint density at radius 2 is 1.76 bits per heavy atom. The molecule has 1 heterocycles. The molecule has 2 aromatic rings. The summed E-state index contributed by atoms with van der Waals surface area (Å²) >= 11 is 0. The molecule has 0 saturated heterocycles. The van der Waals surface area contributed by atoms with Crippen LogP contribution in [-0.4, -0.2) is 24.9 Å². The van der Waals surface area contributed by atoms with Crippen LogP contribution in [0.15, 0.2) is 54.6 Å². The SMILES string of the molecule is Cl.NC(CC(=O)NCC(=O)N1CCc2ccccc21)c1ccccc1. The Morgan fingerprint density at radius 3 is 2.52 bits per heavy atom. The Morgan fingerprint density at radius 1 is 1.08 bits per heavy atom. The highest BCUT2D eigenvalue weighted by Crippen LogP contribution is 2.27. The van der Waals surface area contributed by atoms with E-state index in [-0.39, 0.29) is 43.2 Å². The number of halogens is 1. The molecule has 5 nitrogen and oxygen atoms in total. The van der Waals surface area contributed by atoms with Crippen LogP contribution in [-0.2, 0) is 16.0 Å². The maximum Gasteiger partial charge on any atom is 0.246 e. The molecule has 2 amide bonds. The lowest BCUT2D eigenvalue weighted by atomic mass is 10.0. The molecule has 25 heavy (non-hydrogen) atoms. The smallest absolute Gasteiger partial charge is 0.246 e. The van der Waals surface area contributed by atoms with Gasteiger partial charge in [-0.3, -0.25) is 9.59 Å². The van der Waals surface area contributed by atoms with Crippen molar-refractivity contribution in [3.8, 4) is 0 Å². The summed E-state index contributed by atoms with van der Waals surface area (Å²) < 4.78 is 0. The molecule has 1 unspecified atom stereocenters. The number of hydrogen-bond acceptors (Lipinski definition) is 3. The molecule has 0 fully saturated rings. The fourth-order valence-electron chi connectivity index (χ4n) is 2.96. The minimum absolute atomic E-state index is 0. The zero-order chi connectivity index (χ0) is 16.9. The van der Waals surface area contributed by atoms with E-state index in [0.29, 0.717) is 6.54 Å². The normalized spacial score (nSPS) is 13.6. The Balaban J connectivity index is 0.00000225. The topological polar surface area (TPSA) is 75.4 Å². The van der Waals surface area contributed by atoms with Crippen molar-refractivity contribution in [2.24, 2.45) is 5.73 Å². The van der Waals surface area contributed by atoms with Gasteiger partial charge in [-0.15, -0.1) is 12.4 Å². The van der Waals surface area contributed by atoms with Gasteiger partial charge in [-0.05, 0) is 23.6 Å². The van der Waals surface area contributed by atoms with Gasteiger partial charge in [0.2, 0.25) is 11.8 Å². The van der Waals surface area contributed by atoms with E-state index in [2.05, 4.69) is 5.32 Å². The summed E-state index contributed by atoms with van der Waals surface area (Å²) in [6.07, 6.45) is 1.02. The highest BCUT2D eigenvalue weighted by molar-refractivity contribution is 5.98. The third kappa shape index (κ3) is 4.59. The van der Waals surface area contributed by atoms with E-state index in [1.807, 2.05) is 54.6 Å². The van der Waals surface area contributed by atoms with E-state index in [9.17, 15) is 9.59 Å². The Bertz CT molecular complexity index is 736. The van der Waals surface area contributed by atoms with Crippen molar-refractivity contribution in [2.75, 3.05) is 18.0 Å². The number of hydrogen-bond donors (Lipinski definition) is 2. The first-order valence-electron chi connectivity index (χ1n) is 8.10. The molecule has 6 heteroatoms. The van der Waals surface area contributed by atoms with E-state index < -0.39 is 0 Å². The van der Waals surface area contributed by atoms with Crippen molar-refractivity contribution in [3.63, 3.8) is 0 Å². The average Bonchev–Trinajstić information content (AvgIpc) is 3.04. The average molecular weight is 360 g/mol. The number of carbonyl (C=O) groups excluding carboxylic acids is 2. The molecule has 0 radical (unpaired) electrons. The Labute approximate surface area is 153 Å². The van der Waals surface area contributed by atoms with Gasteiger partial charge >= 0.3 is 0 Å². The van der Waals surface area contributed by atoms with Crippen LogP contribution in [0.4, 0.5) is 5.69 Å². The zero-order valence-electron chi connectivity index (χ0n) is 13.9. The van der Waals surface area contributed by atoms with Crippen molar-refractivity contribution >= 4 is 29.9 Å². The minimum atomic E-state index is -0.367. The van der Waals surface area contributed by atoms with Gasteiger partial charge in [-0.2, -0.15) is 0 Å². The maximum atomic E-state index is 12.3. The monoisotopic (exact) mass is 359 g/mol. The predicted molar refractivity (Wildman–Crippen MR) is 101 cm³/mol. The Kier molecular flexibility index (Phi) is 6.56. The van der Waals surface area contributed by atoms with Crippen LogP contribution in [0.3, 0.4) is 0 Å². The molecular weight excluding hydrogens is 338 g/mol. The van der Waals surface area contributed by atoms with E-state index in [1.165, 1.54) is 5.56 Å². The second-order valence-electron chi connectivity index (χ2n) is 5.92. The second-order valence-corrected chi connectivity index (χ2v) is 5.92. The van der Waals surface area contributed by atoms with Crippen LogP contribution in [0.5, 0.6) is 0 Å². The van der Waals surface area contributed by atoms with Crippen molar-refractivity contribution in [3.05, 3.63) is 65.7 Å². The molecule has 0 saturated carbocycles. The van der Waals surface area contributed by atoms with Gasteiger partial charge in [0, 0.05) is 24.7 Å².